The van der Waals surface area contributed by atoms with Crippen LogP contribution in [0, 0.1) is 0 Å². The first-order valence-corrected chi connectivity index (χ1v) is 7.26. The van der Waals surface area contributed by atoms with Crippen LogP contribution in [-0.4, -0.2) is 23.8 Å². The Kier molecular flexibility index (Phi) is 4.50. The number of nitrogen functional groups attached to an aromatic ring is 1. The summed E-state index contributed by atoms with van der Waals surface area (Å²) in [5.41, 5.74) is 7.26. The number of pyridine rings is 1. The van der Waals surface area contributed by atoms with Crippen LogP contribution in [-0.2, 0) is 4.74 Å². The Balaban J connectivity index is 2.13. The van der Waals surface area contributed by atoms with Gasteiger partial charge in [0.2, 0.25) is 0 Å². The molecule has 0 aliphatic carbocycles. The van der Waals surface area contributed by atoms with Gasteiger partial charge in [-0.25, -0.2) is 0 Å². The van der Waals surface area contributed by atoms with E-state index in [2.05, 4.69) is 20.9 Å². The predicted octanol–water partition coefficient (Wildman–Crippen LogP) is 3.77. The highest BCUT2D eigenvalue weighted by Crippen LogP contribution is 2.30. The average Bonchev–Trinajstić information content (AvgIpc) is 2.36. The molecule has 2 N–H and O–H groups in total. The SMILES string of the molecule is CC(C)(C)OCCOc1ccc(N)c2cc(Br)cnc12. The molecule has 0 radical (unpaired) electrons. The lowest BCUT2D eigenvalue weighted by molar-refractivity contribution is -0.0161. The summed E-state index contributed by atoms with van der Waals surface area (Å²) < 4.78 is 12.3. The molecule has 0 unspecified atom stereocenters. The summed E-state index contributed by atoms with van der Waals surface area (Å²) >= 11 is 3.40. The molecule has 4 nitrogen and oxygen atoms in total. The molecular formula is C15H19BrN2O2. The number of aromatic nitrogens is 1. The van der Waals surface area contributed by atoms with Gasteiger partial charge in [0.15, 0.2) is 0 Å². The normalized spacial score (nSPS) is 11.8. The second-order valence-electron chi connectivity index (χ2n) is 5.51. The standard InChI is InChI=1S/C15H19BrN2O2/c1-15(2,3)20-7-6-19-13-5-4-12(17)11-8-10(16)9-18-14(11)13/h4-5,8-9H,6-7,17H2,1-3H3. The van der Waals surface area contributed by atoms with Crippen LogP contribution >= 0.6 is 15.9 Å². The van der Waals surface area contributed by atoms with E-state index in [1.54, 1.807) is 6.20 Å². The summed E-state index contributed by atoms with van der Waals surface area (Å²) in [6.07, 6.45) is 1.74. The molecule has 0 amide bonds. The Morgan fingerprint density at radius 3 is 2.70 bits per heavy atom. The maximum absolute atomic E-state index is 5.96. The first-order chi connectivity index (χ1) is 9.37. The molecule has 0 aliphatic heterocycles. The minimum absolute atomic E-state index is 0.157. The topological polar surface area (TPSA) is 57.4 Å². The first kappa shape index (κ1) is 15.1. The fourth-order valence-corrected chi connectivity index (χ4v) is 2.14. The minimum atomic E-state index is -0.157. The summed E-state index contributed by atoms with van der Waals surface area (Å²) in [5.74, 6) is 0.721. The number of halogens is 1. The van der Waals surface area contributed by atoms with Gasteiger partial charge < -0.3 is 15.2 Å². The van der Waals surface area contributed by atoms with Crippen molar-refractivity contribution >= 4 is 32.5 Å². The number of ether oxygens (including phenoxy) is 2. The Morgan fingerprint density at radius 1 is 1.25 bits per heavy atom. The van der Waals surface area contributed by atoms with Crippen molar-refractivity contribution in [1.82, 2.24) is 4.98 Å². The number of hydrogen-bond donors (Lipinski definition) is 1. The molecule has 0 spiro atoms. The van der Waals surface area contributed by atoms with Crippen molar-refractivity contribution in [1.29, 1.82) is 0 Å². The van der Waals surface area contributed by atoms with Crippen molar-refractivity contribution in [2.45, 2.75) is 26.4 Å². The third kappa shape index (κ3) is 3.84. The van der Waals surface area contributed by atoms with Crippen LogP contribution in [0.4, 0.5) is 5.69 Å². The highest BCUT2D eigenvalue weighted by Gasteiger charge is 2.11. The molecule has 108 valence electrons. The van der Waals surface area contributed by atoms with E-state index in [0.29, 0.717) is 18.9 Å². The van der Waals surface area contributed by atoms with Crippen LogP contribution in [0.2, 0.25) is 0 Å². The number of fused-ring (bicyclic) bond motifs is 1. The van der Waals surface area contributed by atoms with Gasteiger partial charge in [-0.15, -0.1) is 0 Å². The molecule has 0 atom stereocenters. The van der Waals surface area contributed by atoms with E-state index in [4.69, 9.17) is 15.2 Å². The molecule has 2 aromatic rings. The Labute approximate surface area is 127 Å². The summed E-state index contributed by atoms with van der Waals surface area (Å²) in [5, 5.41) is 0.883. The molecule has 1 aromatic heterocycles. The van der Waals surface area contributed by atoms with Crippen LogP contribution in [0.1, 0.15) is 20.8 Å². The van der Waals surface area contributed by atoms with E-state index in [9.17, 15) is 0 Å². The van der Waals surface area contributed by atoms with Gasteiger partial charge in [0.05, 0.1) is 12.2 Å². The minimum Gasteiger partial charge on any atom is -0.489 e. The molecule has 2 rings (SSSR count). The van der Waals surface area contributed by atoms with Crippen molar-refractivity contribution in [3.63, 3.8) is 0 Å². The third-order valence-corrected chi connectivity index (χ3v) is 3.12. The van der Waals surface area contributed by atoms with Gasteiger partial charge in [-0.05, 0) is 54.9 Å². The quantitative estimate of drug-likeness (QED) is 0.680. The van der Waals surface area contributed by atoms with E-state index in [1.165, 1.54) is 0 Å². The van der Waals surface area contributed by atoms with Gasteiger partial charge in [-0.3, -0.25) is 4.98 Å². The predicted molar refractivity (Wildman–Crippen MR) is 85.1 cm³/mol. The van der Waals surface area contributed by atoms with Gasteiger partial charge >= 0.3 is 0 Å². The second kappa shape index (κ2) is 5.97. The molecule has 0 fully saturated rings. The number of benzene rings is 1. The third-order valence-electron chi connectivity index (χ3n) is 2.69. The van der Waals surface area contributed by atoms with E-state index < -0.39 is 0 Å². The smallest absolute Gasteiger partial charge is 0.145 e. The largest absolute Gasteiger partial charge is 0.489 e. The van der Waals surface area contributed by atoms with Crippen molar-refractivity contribution in [2.24, 2.45) is 0 Å². The van der Waals surface area contributed by atoms with Crippen LogP contribution < -0.4 is 10.5 Å². The van der Waals surface area contributed by atoms with E-state index >= 15 is 0 Å². The van der Waals surface area contributed by atoms with Crippen LogP contribution in [0.25, 0.3) is 10.9 Å². The molecule has 5 heteroatoms. The number of anilines is 1. The number of nitrogens with two attached hydrogens (primary N) is 1. The Morgan fingerprint density at radius 2 is 2.00 bits per heavy atom. The summed E-state index contributed by atoms with van der Waals surface area (Å²) in [6, 6.07) is 5.61. The molecule has 1 aromatic carbocycles. The van der Waals surface area contributed by atoms with Gasteiger partial charge in [0, 0.05) is 21.7 Å². The van der Waals surface area contributed by atoms with Crippen molar-refractivity contribution in [2.75, 3.05) is 18.9 Å². The lowest BCUT2D eigenvalue weighted by Gasteiger charge is -2.19. The van der Waals surface area contributed by atoms with Crippen molar-refractivity contribution in [3.05, 3.63) is 28.9 Å². The van der Waals surface area contributed by atoms with Crippen molar-refractivity contribution in [3.8, 4) is 5.75 Å². The molecule has 0 bridgehead atoms. The first-order valence-electron chi connectivity index (χ1n) is 6.47. The van der Waals surface area contributed by atoms with Gasteiger partial charge in [0.25, 0.3) is 0 Å². The fourth-order valence-electron chi connectivity index (χ4n) is 1.81. The van der Waals surface area contributed by atoms with Gasteiger partial charge in [-0.1, -0.05) is 0 Å². The number of rotatable bonds is 4. The molecule has 0 aliphatic rings. The maximum Gasteiger partial charge on any atom is 0.145 e. The molecule has 0 saturated heterocycles. The van der Waals surface area contributed by atoms with Gasteiger partial charge in [0.1, 0.15) is 17.9 Å². The van der Waals surface area contributed by atoms with Crippen LogP contribution in [0.5, 0.6) is 5.75 Å². The zero-order chi connectivity index (χ0) is 14.8. The fraction of sp³-hybridized carbons (Fsp3) is 0.400. The summed E-state index contributed by atoms with van der Waals surface area (Å²) in [4.78, 5) is 4.38. The lowest BCUT2D eigenvalue weighted by Crippen LogP contribution is -2.22. The summed E-state index contributed by atoms with van der Waals surface area (Å²) in [6.45, 7) is 7.07. The van der Waals surface area contributed by atoms with Crippen LogP contribution in [0.15, 0.2) is 28.9 Å². The van der Waals surface area contributed by atoms with Gasteiger partial charge in [-0.2, -0.15) is 0 Å². The lowest BCUT2D eigenvalue weighted by atomic mass is 10.1. The molecule has 1 heterocycles. The molecule has 20 heavy (non-hydrogen) atoms. The van der Waals surface area contributed by atoms with E-state index in [1.807, 2.05) is 39.0 Å². The number of nitrogens with zero attached hydrogens (tertiary/aromatic N) is 1. The summed E-state index contributed by atoms with van der Waals surface area (Å²) in [7, 11) is 0. The number of hydrogen-bond acceptors (Lipinski definition) is 4. The Bertz CT molecular complexity index is 609. The Hall–Kier alpha value is -1.33. The highest BCUT2D eigenvalue weighted by atomic mass is 79.9. The van der Waals surface area contributed by atoms with E-state index in [-0.39, 0.29) is 5.60 Å². The zero-order valence-corrected chi connectivity index (χ0v) is 13.5. The second-order valence-corrected chi connectivity index (χ2v) is 6.43. The molecular weight excluding hydrogens is 320 g/mol. The maximum atomic E-state index is 5.96. The monoisotopic (exact) mass is 338 g/mol. The average molecular weight is 339 g/mol. The van der Waals surface area contributed by atoms with Crippen LogP contribution in [0.3, 0.4) is 0 Å². The van der Waals surface area contributed by atoms with Crippen molar-refractivity contribution < 1.29 is 9.47 Å². The zero-order valence-electron chi connectivity index (χ0n) is 11.9. The highest BCUT2D eigenvalue weighted by molar-refractivity contribution is 9.10. The molecule has 0 saturated carbocycles. The van der Waals surface area contributed by atoms with E-state index in [0.717, 1.165) is 21.1 Å².